The summed E-state index contributed by atoms with van der Waals surface area (Å²) >= 11 is 0. The van der Waals surface area contributed by atoms with Gasteiger partial charge in [0.05, 0.1) is 31.4 Å². The first-order valence-corrected chi connectivity index (χ1v) is 11.0. The highest BCUT2D eigenvalue weighted by Gasteiger charge is 2.33. The Morgan fingerprint density at radius 1 is 1.16 bits per heavy atom. The predicted molar refractivity (Wildman–Crippen MR) is 103 cm³/mol. The fraction of sp³-hybridized carbons (Fsp3) is 0.833. The van der Waals surface area contributed by atoms with Gasteiger partial charge in [-0.15, -0.1) is 0 Å². The van der Waals surface area contributed by atoms with Crippen LogP contribution in [-0.2, 0) is 14.9 Å². The summed E-state index contributed by atoms with van der Waals surface area (Å²) in [5, 5.41) is 0. The molecule has 0 aromatic rings. The van der Waals surface area contributed by atoms with Crippen LogP contribution in [0.1, 0.15) is 66.2 Å². The van der Waals surface area contributed by atoms with Gasteiger partial charge in [0.2, 0.25) is 5.91 Å². The van der Waals surface area contributed by atoms with Crippen LogP contribution in [0.15, 0.2) is 11.6 Å². The molecule has 0 aromatic heterocycles. The van der Waals surface area contributed by atoms with E-state index in [0.717, 1.165) is 56.2 Å². The maximum absolute atomic E-state index is 11.2. The zero-order valence-electron chi connectivity index (χ0n) is 16.3. The molecule has 148 valence electrons. The van der Waals surface area contributed by atoms with Crippen molar-refractivity contribution in [1.29, 1.82) is 0 Å². The molecule has 25 heavy (non-hydrogen) atoms. The number of quaternary nitrogens is 1. The molecule has 0 bridgehead atoms. The van der Waals surface area contributed by atoms with E-state index in [1.807, 2.05) is 6.08 Å². The highest BCUT2D eigenvalue weighted by Crippen LogP contribution is 2.22. The first-order chi connectivity index (χ1) is 11.6. The number of hydrogen-bond donors (Lipinski definition) is 2. The Morgan fingerprint density at radius 2 is 1.68 bits per heavy atom. The Morgan fingerprint density at radius 3 is 2.08 bits per heavy atom. The topological polar surface area (TPSA) is 97.5 Å². The molecule has 0 fully saturated rings. The SMILES string of the molecule is CCCC[N+](CCC=C(C)C(N)=O)(CCCC)C(C)CCS(=O)(=O)O. The summed E-state index contributed by atoms with van der Waals surface area (Å²) in [5.41, 5.74) is 5.86. The molecule has 0 aliphatic heterocycles. The zero-order valence-corrected chi connectivity index (χ0v) is 17.1. The van der Waals surface area contributed by atoms with Crippen molar-refractivity contribution >= 4 is 16.0 Å². The zero-order chi connectivity index (χ0) is 19.5. The largest absolute Gasteiger partial charge is 0.366 e. The maximum atomic E-state index is 11.2. The van der Waals surface area contributed by atoms with Crippen molar-refractivity contribution < 1.29 is 22.2 Å². The maximum Gasteiger partial charge on any atom is 0.265 e. The highest BCUT2D eigenvalue weighted by atomic mass is 32.2. The Kier molecular flexibility index (Phi) is 11.2. The Balaban J connectivity index is 5.31. The van der Waals surface area contributed by atoms with Gasteiger partial charge in [-0.2, -0.15) is 8.42 Å². The van der Waals surface area contributed by atoms with Gasteiger partial charge < -0.3 is 10.2 Å². The standard InChI is InChI=1S/C18H36N2O4S/c1-5-7-12-20(13-8-6-2,14-9-10-16(3)18(19)21)17(4)11-15-25(22,23)24/h10,17H,5-9,11-15H2,1-4H3,(H2-,19,21,22,23,24)/p+1. The fourth-order valence-electron chi connectivity index (χ4n) is 3.17. The van der Waals surface area contributed by atoms with Crippen LogP contribution in [-0.4, -0.2) is 54.8 Å². The third kappa shape index (κ3) is 9.97. The molecule has 0 rings (SSSR count). The van der Waals surface area contributed by atoms with Crippen molar-refractivity contribution in [3.05, 3.63) is 11.6 Å². The summed E-state index contributed by atoms with van der Waals surface area (Å²) < 4.78 is 32.2. The molecular weight excluding hydrogens is 340 g/mol. The molecule has 6 nitrogen and oxygen atoms in total. The second kappa shape index (κ2) is 11.6. The molecule has 0 aromatic carbocycles. The van der Waals surface area contributed by atoms with Crippen LogP contribution in [0, 0.1) is 0 Å². The molecular formula is C18H37N2O4S+. The van der Waals surface area contributed by atoms with Crippen molar-refractivity contribution in [2.24, 2.45) is 5.73 Å². The average molecular weight is 378 g/mol. The quantitative estimate of drug-likeness (QED) is 0.276. The fourth-order valence-corrected chi connectivity index (χ4v) is 3.81. The van der Waals surface area contributed by atoms with Crippen LogP contribution < -0.4 is 5.73 Å². The van der Waals surface area contributed by atoms with Gasteiger partial charge in [0, 0.05) is 18.4 Å². The number of amides is 1. The van der Waals surface area contributed by atoms with Crippen molar-refractivity contribution in [1.82, 2.24) is 0 Å². The average Bonchev–Trinajstić information content (AvgIpc) is 2.53. The molecule has 0 saturated heterocycles. The van der Waals surface area contributed by atoms with Crippen LogP contribution in [0.5, 0.6) is 0 Å². The molecule has 1 atom stereocenters. The lowest BCUT2D eigenvalue weighted by molar-refractivity contribution is -0.949. The number of hydrogen-bond acceptors (Lipinski definition) is 3. The third-order valence-corrected chi connectivity index (χ3v) is 5.81. The molecule has 7 heteroatoms. The van der Waals surface area contributed by atoms with E-state index in [9.17, 15) is 13.2 Å². The molecule has 0 heterocycles. The van der Waals surface area contributed by atoms with Gasteiger partial charge in [-0.1, -0.05) is 32.8 Å². The van der Waals surface area contributed by atoms with Crippen molar-refractivity contribution in [2.75, 3.05) is 25.4 Å². The van der Waals surface area contributed by atoms with E-state index in [1.54, 1.807) is 6.92 Å². The van der Waals surface area contributed by atoms with Gasteiger partial charge in [-0.25, -0.2) is 0 Å². The van der Waals surface area contributed by atoms with Crippen LogP contribution in [0.2, 0.25) is 0 Å². The first kappa shape index (κ1) is 24.1. The Hall–Kier alpha value is -0.920. The van der Waals surface area contributed by atoms with Crippen molar-refractivity contribution in [3.8, 4) is 0 Å². The first-order valence-electron chi connectivity index (χ1n) is 9.35. The molecule has 1 amide bonds. The van der Waals surface area contributed by atoms with Crippen LogP contribution in [0.25, 0.3) is 0 Å². The number of carbonyl (C=O) groups is 1. The summed E-state index contributed by atoms with van der Waals surface area (Å²) in [7, 11) is -3.95. The van der Waals surface area contributed by atoms with E-state index in [2.05, 4.69) is 20.8 Å². The normalized spacial score (nSPS) is 14.5. The minimum Gasteiger partial charge on any atom is -0.366 e. The second-order valence-corrected chi connectivity index (χ2v) is 8.63. The number of primary amides is 1. The van der Waals surface area contributed by atoms with Crippen molar-refractivity contribution in [3.63, 3.8) is 0 Å². The molecule has 1 unspecified atom stereocenters. The lowest BCUT2D eigenvalue weighted by Gasteiger charge is -2.44. The van der Waals surface area contributed by atoms with Gasteiger partial charge in [-0.05, 0) is 26.7 Å². The summed E-state index contributed by atoms with van der Waals surface area (Å²) in [5.74, 6) is -0.609. The Labute approximate surface area is 153 Å². The van der Waals surface area contributed by atoms with Crippen LogP contribution in [0.4, 0.5) is 0 Å². The third-order valence-electron chi connectivity index (χ3n) is 5.06. The van der Waals surface area contributed by atoms with Gasteiger partial charge in [0.1, 0.15) is 0 Å². The van der Waals surface area contributed by atoms with E-state index in [0.29, 0.717) is 12.0 Å². The molecule has 0 saturated carbocycles. The van der Waals surface area contributed by atoms with Gasteiger partial charge in [0.25, 0.3) is 10.1 Å². The minimum atomic E-state index is -3.95. The molecule has 3 N–H and O–H groups in total. The van der Waals surface area contributed by atoms with Gasteiger partial charge in [0.15, 0.2) is 0 Å². The summed E-state index contributed by atoms with van der Waals surface area (Å²) in [6, 6.07) is 0.127. The lowest BCUT2D eigenvalue weighted by Crippen LogP contribution is -2.56. The van der Waals surface area contributed by atoms with Crippen molar-refractivity contribution in [2.45, 2.75) is 72.3 Å². The number of carbonyl (C=O) groups excluding carboxylic acids is 1. The molecule has 0 aliphatic carbocycles. The number of nitrogens with two attached hydrogens (primary N) is 1. The molecule has 0 radical (unpaired) electrons. The van der Waals surface area contributed by atoms with Gasteiger partial charge >= 0.3 is 0 Å². The predicted octanol–water partition coefficient (Wildman–Crippen LogP) is 2.89. The van der Waals surface area contributed by atoms with E-state index in [4.69, 9.17) is 10.3 Å². The minimum absolute atomic E-state index is 0.127. The van der Waals surface area contributed by atoms with E-state index in [-0.39, 0.29) is 11.8 Å². The lowest BCUT2D eigenvalue weighted by atomic mass is 10.1. The molecule has 0 aliphatic rings. The number of rotatable bonds is 14. The van der Waals surface area contributed by atoms with E-state index < -0.39 is 16.0 Å². The van der Waals surface area contributed by atoms with Gasteiger partial charge in [-0.3, -0.25) is 9.35 Å². The van der Waals surface area contributed by atoms with E-state index >= 15 is 0 Å². The van der Waals surface area contributed by atoms with Crippen LogP contribution in [0.3, 0.4) is 0 Å². The second-order valence-electron chi connectivity index (χ2n) is 7.06. The summed E-state index contributed by atoms with van der Waals surface area (Å²) in [6.07, 6.45) is 7.34. The number of unbranched alkanes of at least 4 members (excludes halogenated alkanes) is 2. The van der Waals surface area contributed by atoms with E-state index in [1.165, 1.54) is 0 Å². The summed E-state index contributed by atoms with van der Waals surface area (Å²) in [6.45, 7) is 10.9. The summed E-state index contributed by atoms with van der Waals surface area (Å²) in [4.78, 5) is 11.2. The Bertz CT molecular complexity index is 521. The highest BCUT2D eigenvalue weighted by molar-refractivity contribution is 7.85. The smallest absolute Gasteiger partial charge is 0.265 e. The number of nitrogens with zero attached hydrogens (tertiary/aromatic N) is 1. The molecule has 0 spiro atoms. The van der Waals surface area contributed by atoms with Crippen LogP contribution >= 0.6 is 0 Å². The monoisotopic (exact) mass is 377 g/mol.